The minimum Gasteiger partial charge on any atom is -0.467 e. The fraction of sp³-hybridized carbons (Fsp3) is 0.185. The molecule has 5 rings (SSSR count). The van der Waals surface area contributed by atoms with Crippen LogP contribution < -0.4 is 5.56 Å². The van der Waals surface area contributed by atoms with Gasteiger partial charge in [-0.25, -0.2) is 4.79 Å². The second kappa shape index (κ2) is 8.92. The lowest BCUT2D eigenvalue weighted by Crippen LogP contribution is -2.30. The summed E-state index contributed by atoms with van der Waals surface area (Å²) in [5, 5.41) is 2.51. The van der Waals surface area contributed by atoms with E-state index in [1.807, 2.05) is 42.5 Å². The first kappa shape index (κ1) is 23.2. The lowest BCUT2D eigenvalue weighted by molar-refractivity contribution is -0.144. The molecule has 1 unspecified atom stereocenters. The molecule has 1 atom stereocenters. The van der Waals surface area contributed by atoms with E-state index in [4.69, 9.17) is 4.74 Å². The number of halogens is 3. The zero-order chi connectivity index (χ0) is 24.7. The van der Waals surface area contributed by atoms with Crippen molar-refractivity contribution in [3.63, 3.8) is 0 Å². The summed E-state index contributed by atoms with van der Waals surface area (Å²) in [6, 6.07) is 19.4. The van der Waals surface area contributed by atoms with Crippen LogP contribution in [-0.4, -0.2) is 23.4 Å². The predicted octanol–water partition coefficient (Wildman–Crippen LogP) is 6.10. The summed E-state index contributed by atoms with van der Waals surface area (Å²) in [4.78, 5) is 25.5. The molecule has 2 heterocycles. The van der Waals surface area contributed by atoms with Crippen molar-refractivity contribution >= 4 is 28.5 Å². The van der Waals surface area contributed by atoms with E-state index in [0.717, 1.165) is 28.5 Å². The van der Waals surface area contributed by atoms with Crippen LogP contribution in [0, 0.1) is 0 Å². The quantitative estimate of drug-likeness (QED) is 0.321. The van der Waals surface area contributed by atoms with Gasteiger partial charge >= 0.3 is 12.1 Å². The van der Waals surface area contributed by atoms with Gasteiger partial charge in [-0.3, -0.25) is 9.36 Å². The predicted molar refractivity (Wildman–Crippen MR) is 130 cm³/mol. The molecule has 8 heteroatoms. The van der Waals surface area contributed by atoms with Crippen LogP contribution in [0.1, 0.15) is 22.7 Å². The van der Waals surface area contributed by atoms with E-state index in [0.29, 0.717) is 28.1 Å². The summed E-state index contributed by atoms with van der Waals surface area (Å²) in [5.74, 6) is -0.291. The van der Waals surface area contributed by atoms with E-state index in [1.54, 1.807) is 6.07 Å². The van der Waals surface area contributed by atoms with Gasteiger partial charge in [-0.05, 0) is 46.0 Å². The van der Waals surface area contributed by atoms with Crippen LogP contribution in [0.15, 0.2) is 82.6 Å². The molecule has 0 bridgehead atoms. The maximum Gasteiger partial charge on any atom is 0.416 e. The molecule has 4 aromatic rings. The van der Waals surface area contributed by atoms with E-state index < -0.39 is 23.8 Å². The Bertz CT molecular complexity index is 1500. The van der Waals surface area contributed by atoms with Crippen molar-refractivity contribution in [3.8, 4) is 11.1 Å². The van der Waals surface area contributed by atoms with Gasteiger partial charge in [0.15, 0.2) is 0 Å². The molecule has 1 aromatic heterocycles. The van der Waals surface area contributed by atoms with Crippen molar-refractivity contribution in [1.82, 2.24) is 4.57 Å². The number of alkyl halides is 3. The molecule has 0 amide bonds. The molecule has 0 saturated carbocycles. The largest absolute Gasteiger partial charge is 0.467 e. The summed E-state index contributed by atoms with van der Waals surface area (Å²) in [5.41, 5.74) is 1.27. The summed E-state index contributed by atoms with van der Waals surface area (Å²) in [6.07, 6.45) is -4.16. The van der Waals surface area contributed by atoms with Crippen LogP contribution in [0.3, 0.4) is 0 Å². The van der Waals surface area contributed by atoms with Crippen LogP contribution in [0.25, 0.3) is 21.9 Å². The molecule has 0 saturated heterocycles. The molecule has 3 aromatic carbocycles. The molecular formula is C27H20F3NO3S. The van der Waals surface area contributed by atoms with Crippen molar-refractivity contribution in [3.05, 3.63) is 99.8 Å². The lowest BCUT2D eigenvalue weighted by atomic mass is 9.93. The molecule has 0 radical (unpaired) electrons. The van der Waals surface area contributed by atoms with Crippen LogP contribution >= 0.6 is 11.8 Å². The van der Waals surface area contributed by atoms with Crippen LogP contribution in [-0.2, 0) is 22.1 Å². The monoisotopic (exact) mass is 495 g/mol. The average Bonchev–Trinajstić information content (AvgIpc) is 3.29. The van der Waals surface area contributed by atoms with E-state index in [2.05, 4.69) is 0 Å². The molecule has 178 valence electrons. The Balaban J connectivity index is 1.74. The second-order valence-electron chi connectivity index (χ2n) is 8.30. The number of esters is 1. The smallest absolute Gasteiger partial charge is 0.416 e. The Morgan fingerprint density at radius 3 is 2.54 bits per heavy atom. The topological polar surface area (TPSA) is 48.3 Å². The first-order valence-electron chi connectivity index (χ1n) is 10.9. The average molecular weight is 496 g/mol. The number of methoxy groups -OCH3 is 1. The van der Waals surface area contributed by atoms with Gasteiger partial charge in [-0.1, -0.05) is 54.6 Å². The number of ether oxygens (including phenoxy) is 1. The highest BCUT2D eigenvalue weighted by Gasteiger charge is 2.35. The molecule has 0 fully saturated rings. The van der Waals surface area contributed by atoms with Crippen molar-refractivity contribution < 1.29 is 22.7 Å². The number of hydrogen-bond acceptors (Lipinski definition) is 4. The highest BCUT2D eigenvalue weighted by Crippen LogP contribution is 2.43. The number of carbonyl (C=O) groups excluding carboxylic acids is 1. The Morgan fingerprint density at radius 2 is 1.77 bits per heavy atom. The number of rotatable bonds is 4. The van der Waals surface area contributed by atoms with Gasteiger partial charge < -0.3 is 4.74 Å². The molecule has 0 aliphatic carbocycles. The van der Waals surface area contributed by atoms with Crippen molar-refractivity contribution in [2.45, 2.75) is 23.7 Å². The van der Waals surface area contributed by atoms with Crippen molar-refractivity contribution in [1.29, 1.82) is 0 Å². The fourth-order valence-electron chi connectivity index (χ4n) is 4.58. The number of fused-ring (bicyclic) bond motifs is 2. The third-order valence-corrected chi connectivity index (χ3v) is 7.35. The Kier molecular flexibility index (Phi) is 5.92. The van der Waals surface area contributed by atoms with Gasteiger partial charge in [-0.15, -0.1) is 11.8 Å². The number of nitrogens with zero attached hydrogens (tertiary/aromatic N) is 1. The van der Waals surface area contributed by atoms with E-state index in [9.17, 15) is 22.8 Å². The standard InChI is InChI=1S/C27H20F3NO3S/c1-34-26(33)22-15-35-25-24(18-9-5-10-20(13-18)27(28,29)30)19(14-23(32)31(22)25)12-17-8-4-7-16-6-2-3-11-21(16)17/h2-11,13-14,22H,12,15H2,1H3. The molecule has 4 nitrogen and oxygen atoms in total. The van der Waals surface area contributed by atoms with Crippen LogP contribution in [0.4, 0.5) is 13.2 Å². The molecule has 35 heavy (non-hydrogen) atoms. The van der Waals surface area contributed by atoms with Gasteiger partial charge in [0.1, 0.15) is 6.04 Å². The zero-order valence-electron chi connectivity index (χ0n) is 18.6. The van der Waals surface area contributed by atoms with E-state index in [-0.39, 0.29) is 11.3 Å². The SMILES string of the molecule is COC(=O)C1CSc2c(-c3cccc(C(F)(F)F)c3)c(Cc3cccc4ccccc34)cc(=O)n21. The fourth-order valence-corrected chi connectivity index (χ4v) is 5.93. The number of hydrogen-bond donors (Lipinski definition) is 0. The first-order chi connectivity index (χ1) is 16.8. The molecule has 1 aliphatic rings. The number of pyridine rings is 1. The molecular weight excluding hydrogens is 475 g/mol. The normalized spacial score (nSPS) is 15.3. The summed E-state index contributed by atoms with van der Waals surface area (Å²) >= 11 is 1.28. The Hall–Kier alpha value is -3.52. The van der Waals surface area contributed by atoms with Gasteiger partial charge in [0, 0.05) is 17.4 Å². The highest BCUT2D eigenvalue weighted by molar-refractivity contribution is 7.99. The zero-order valence-corrected chi connectivity index (χ0v) is 19.5. The Labute approximate surface area is 203 Å². The van der Waals surface area contributed by atoms with Gasteiger partial charge in [-0.2, -0.15) is 13.2 Å². The number of benzene rings is 3. The van der Waals surface area contributed by atoms with Gasteiger partial charge in [0.2, 0.25) is 0 Å². The maximum absolute atomic E-state index is 13.5. The minimum atomic E-state index is -4.51. The first-order valence-corrected chi connectivity index (χ1v) is 11.9. The minimum absolute atomic E-state index is 0.269. The van der Waals surface area contributed by atoms with Crippen molar-refractivity contribution in [2.75, 3.05) is 12.9 Å². The van der Waals surface area contributed by atoms with Crippen LogP contribution in [0.2, 0.25) is 0 Å². The summed E-state index contributed by atoms with van der Waals surface area (Å²) in [7, 11) is 1.25. The van der Waals surface area contributed by atoms with E-state index in [1.165, 1.54) is 35.6 Å². The number of aromatic nitrogens is 1. The Morgan fingerprint density at radius 1 is 1.03 bits per heavy atom. The summed E-state index contributed by atoms with van der Waals surface area (Å²) in [6.45, 7) is 0. The van der Waals surface area contributed by atoms with Crippen molar-refractivity contribution in [2.24, 2.45) is 0 Å². The van der Waals surface area contributed by atoms with E-state index >= 15 is 0 Å². The van der Waals surface area contributed by atoms with Gasteiger partial charge in [0.05, 0.1) is 17.7 Å². The van der Waals surface area contributed by atoms with Gasteiger partial charge in [0.25, 0.3) is 5.56 Å². The molecule has 0 spiro atoms. The van der Waals surface area contributed by atoms with Crippen LogP contribution in [0.5, 0.6) is 0 Å². The highest BCUT2D eigenvalue weighted by atomic mass is 32.2. The number of thioether (sulfide) groups is 1. The number of carbonyl (C=O) groups is 1. The molecule has 0 N–H and O–H groups in total. The molecule has 1 aliphatic heterocycles. The summed E-state index contributed by atoms with van der Waals surface area (Å²) < 4.78 is 46.8. The third kappa shape index (κ3) is 4.23. The lowest BCUT2D eigenvalue weighted by Gasteiger charge is -2.19. The maximum atomic E-state index is 13.5. The second-order valence-corrected chi connectivity index (χ2v) is 9.31. The third-order valence-electron chi connectivity index (χ3n) is 6.19.